The molecule has 1 aromatic heterocycles. The number of rotatable bonds is 4. The molecule has 0 spiro atoms. The second-order valence-corrected chi connectivity index (χ2v) is 6.87. The van der Waals surface area contributed by atoms with Gasteiger partial charge < -0.3 is 14.7 Å². The summed E-state index contributed by atoms with van der Waals surface area (Å²) in [6, 6.07) is 3.49. The molecule has 6 nitrogen and oxygen atoms in total. The largest absolute Gasteiger partial charge is 0.481 e. The number of carboxylic acid groups (broad SMARTS) is 1. The highest BCUT2D eigenvalue weighted by Crippen LogP contribution is 2.26. The monoisotopic (exact) mass is 332 g/mol. The highest BCUT2D eigenvalue weighted by Gasteiger charge is 2.33. The molecule has 0 aromatic carbocycles. The standard InChI is InChI=1S/C18H24N2O4/c1-12-11-20(9-8-15(12)18(22)23)17(21)13-6-7-16(19-10-13)24-14-4-2-3-5-14/h6-7,10,12,14-15H,2-5,8-9,11H2,1H3,(H,22,23). The number of ether oxygens (including phenoxy) is 1. The molecule has 3 rings (SSSR count). The van der Waals surface area contributed by atoms with E-state index in [2.05, 4.69) is 4.98 Å². The Morgan fingerprint density at radius 2 is 2.00 bits per heavy atom. The molecule has 1 aliphatic heterocycles. The van der Waals surface area contributed by atoms with E-state index < -0.39 is 5.97 Å². The Morgan fingerprint density at radius 3 is 2.58 bits per heavy atom. The Balaban J connectivity index is 1.59. The Kier molecular flexibility index (Phi) is 5.02. The van der Waals surface area contributed by atoms with Crippen LogP contribution in [-0.4, -0.2) is 46.1 Å². The summed E-state index contributed by atoms with van der Waals surface area (Å²) in [6.07, 6.45) is 6.84. The first-order valence-electron chi connectivity index (χ1n) is 8.69. The normalized spacial score (nSPS) is 24.8. The summed E-state index contributed by atoms with van der Waals surface area (Å²) in [4.78, 5) is 29.7. The fourth-order valence-corrected chi connectivity index (χ4v) is 3.63. The van der Waals surface area contributed by atoms with Crippen molar-refractivity contribution in [1.82, 2.24) is 9.88 Å². The third-order valence-corrected chi connectivity index (χ3v) is 5.08. The number of carbonyl (C=O) groups is 2. The van der Waals surface area contributed by atoms with Crippen LogP contribution < -0.4 is 4.74 Å². The van der Waals surface area contributed by atoms with Crippen LogP contribution in [0.25, 0.3) is 0 Å². The molecule has 2 atom stereocenters. The van der Waals surface area contributed by atoms with E-state index in [1.165, 1.54) is 12.8 Å². The van der Waals surface area contributed by atoms with Gasteiger partial charge in [-0.05, 0) is 44.1 Å². The maximum Gasteiger partial charge on any atom is 0.306 e. The molecule has 1 saturated carbocycles. The quantitative estimate of drug-likeness (QED) is 0.917. The average molecular weight is 332 g/mol. The van der Waals surface area contributed by atoms with Gasteiger partial charge in [-0.3, -0.25) is 9.59 Å². The number of pyridine rings is 1. The number of amides is 1. The third-order valence-electron chi connectivity index (χ3n) is 5.08. The van der Waals surface area contributed by atoms with Crippen LogP contribution in [-0.2, 0) is 4.79 Å². The molecule has 1 N–H and O–H groups in total. The molecule has 1 aliphatic carbocycles. The number of carbonyl (C=O) groups excluding carboxylic acids is 1. The maximum absolute atomic E-state index is 12.6. The van der Waals surface area contributed by atoms with Gasteiger partial charge in [0.1, 0.15) is 6.10 Å². The molecule has 2 aliphatic rings. The topological polar surface area (TPSA) is 79.7 Å². The van der Waals surface area contributed by atoms with Crippen LogP contribution in [0.3, 0.4) is 0 Å². The van der Waals surface area contributed by atoms with Crippen molar-refractivity contribution in [2.24, 2.45) is 11.8 Å². The fourth-order valence-electron chi connectivity index (χ4n) is 3.63. The van der Waals surface area contributed by atoms with Crippen molar-refractivity contribution in [3.63, 3.8) is 0 Å². The lowest BCUT2D eigenvalue weighted by atomic mass is 9.87. The molecule has 1 saturated heterocycles. The molecule has 24 heavy (non-hydrogen) atoms. The van der Waals surface area contributed by atoms with E-state index in [0.717, 1.165) is 12.8 Å². The van der Waals surface area contributed by atoms with Gasteiger partial charge in [-0.15, -0.1) is 0 Å². The first-order chi connectivity index (χ1) is 11.5. The van der Waals surface area contributed by atoms with Crippen LogP contribution in [0, 0.1) is 11.8 Å². The van der Waals surface area contributed by atoms with E-state index in [4.69, 9.17) is 4.74 Å². The minimum absolute atomic E-state index is 0.0434. The first kappa shape index (κ1) is 16.7. The predicted molar refractivity (Wildman–Crippen MR) is 87.9 cm³/mol. The number of nitrogens with zero attached hydrogens (tertiary/aromatic N) is 2. The molecule has 0 radical (unpaired) electrons. The smallest absolute Gasteiger partial charge is 0.306 e. The molecule has 2 heterocycles. The van der Waals surface area contributed by atoms with E-state index in [-0.39, 0.29) is 23.8 Å². The molecule has 2 unspecified atom stereocenters. The summed E-state index contributed by atoms with van der Waals surface area (Å²) < 4.78 is 5.81. The van der Waals surface area contributed by atoms with Crippen molar-refractivity contribution >= 4 is 11.9 Å². The molecule has 2 fully saturated rings. The number of carboxylic acids is 1. The molecular formula is C18H24N2O4. The maximum atomic E-state index is 12.6. The highest BCUT2D eigenvalue weighted by atomic mass is 16.5. The Hall–Kier alpha value is -2.11. The van der Waals surface area contributed by atoms with Crippen molar-refractivity contribution < 1.29 is 19.4 Å². The van der Waals surface area contributed by atoms with Crippen LogP contribution in [0.1, 0.15) is 49.4 Å². The van der Waals surface area contributed by atoms with E-state index in [0.29, 0.717) is 31.0 Å². The zero-order chi connectivity index (χ0) is 17.1. The Bertz CT molecular complexity index is 596. The summed E-state index contributed by atoms with van der Waals surface area (Å²) in [7, 11) is 0. The molecule has 0 bridgehead atoms. The number of aliphatic carboxylic acids is 1. The van der Waals surface area contributed by atoms with Crippen molar-refractivity contribution in [3.05, 3.63) is 23.9 Å². The number of likely N-dealkylation sites (tertiary alicyclic amines) is 1. The van der Waals surface area contributed by atoms with Crippen LogP contribution in [0.4, 0.5) is 0 Å². The zero-order valence-electron chi connectivity index (χ0n) is 14.0. The highest BCUT2D eigenvalue weighted by molar-refractivity contribution is 5.94. The van der Waals surface area contributed by atoms with Crippen molar-refractivity contribution in [3.8, 4) is 5.88 Å². The number of hydrogen-bond donors (Lipinski definition) is 1. The molecule has 130 valence electrons. The van der Waals surface area contributed by atoms with Crippen molar-refractivity contribution in [2.45, 2.75) is 45.1 Å². The van der Waals surface area contributed by atoms with Crippen molar-refractivity contribution in [2.75, 3.05) is 13.1 Å². The molecule has 6 heteroatoms. The minimum atomic E-state index is -0.773. The lowest BCUT2D eigenvalue weighted by molar-refractivity contribution is -0.145. The lowest BCUT2D eigenvalue weighted by Crippen LogP contribution is -2.45. The second kappa shape index (κ2) is 7.20. The second-order valence-electron chi connectivity index (χ2n) is 6.87. The summed E-state index contributed by atoms with van der Waals surface area (Å²) in [5, 5.41) is 9.17. The van der Waals surface area contributed by atoms with E-state index in [1.54, 1.807) is 23.2 Å². The van der Waals surface area contributed by atoms with E-state index >= 15 is 0 Å². The Labute approximate surface area is 141 Å². The SMILES string of the molecule is CC1CN(C(=O)c2ccc(OC3CCCC3)nc2)CCC1C(=O)O. The molecule has 1 aromatic rings. The average Bonchev–Trinajstić information content (AvgIpc) is 3.07. The van der Waals surface area contributed by atoms with E-state index in [9.17, 15) is 14.7 Å². The van der Waals surface area contributed by atoms with Gasteiger partial charge in [0.15, 0.2) is 0 Å². The molecule has 1 amide bonds. The van der Waals surface area contributed by atoms with Crippen LogP contribution in [0.15, 0.2) is 18.3 Å². The number of aromatic nitrogens is 1. The Morgan fingerprint density at radius 1 is 1.25 bits per heavy atom. The summed E-state index contributed by atoms with van der Waals surface area (Å²) in [5.41, 5.74) is 0.523. The molecular weight excluding hydrogens is 308 g/mol. The van der Waals surface area contributed by atoms with Crippen LogP contribution >= 0.6 is 0 Å². The third kappa shape index (κ3) is 3.68. The van der Waals surface area contributed by atoms with Crippen LogP contribution in [0.5, 0.6) is 5.88 Å². The summed E-state index contributed by atoms with van der Waals surface area (Å²) in [6.45, 7) is 2.83. The van der Waals surface area contributed by atoms with E-state index in [1.807, 2.05) is 6.92 Å². The summed E-state index contributed by atoms with van der Waals surface area (Å²) in [5.74, 6) is -0.709. The predicted octanol–water partition coefficient (Wildman–Crippen LogP) is 2.59. The van der Waals surface area contributed by atoms with Gasteiger partial charge in [0.05, 0.1) is 11.5 Å². The first-order valence-corrected chi connectivity index (χ1v) is 8.69. The van der Waals surface area contributed by atoms with Gasteiger partial charge in [-0.25, -0.2) is 4.98 Å². The van der Waals surface area contributed by atoms with Crippen molar-refractivity contribution in [1.29, 1.82) is 0 Å². The zero-order valence-corrected chi connectivity index (χ0v) is 14.0. The van der Waals surface area contributed by atoms with Gasteiger partial charge in [-0.1, -0.05) is 6.92 Å². The van der Waals surface area contributed by atoms with Gasteiger partial charge in [0.2, 0.25) is 5.88 Å². The number of hydrogen-bond acceptors (Lipinski definition) is 4. The van der Waals surface area contributed by atoms with Gasteiger partial charge in [0, 0.05) is 25.4 Å². The van der Waals surface area contributed by atoms with Gasteiger partial charge >= 0.3 is 5.97 Å². The van der Waals surface area contributed by atoms with Gasteiger partial charge in [0.25, 0.3) is 5.91 Å². The number of piperidine rings is 1. The fraction of sp³-hybridized carbons (Fsp3) is 0.611. The summed E-state index contributed by atoms with van der Waals surface area (Å²) >= 11 is 0. The van der Waals surface area contributed by atoms with Crippen LogP contribution in [0.2, 0.25) is 0 Å². The minimum Gasteiger partial charge on any atom is -0.481 e. The lowest BCUT2D eigenvalue weighted by Gasteiger charge is -2.34. The van der Waals surface area contributed by atoms with Gasteiger partial charge in [-0.2, -0.15) is 0 Å².